The van der Waals surface area contributed by atoms with Gasteiger partial charge in [-0.25, -0.2) is 0 Å². The van der Waals surface area contributed by atoms with Crippen LogP contribution in [-0.4, -0.2) is 26.3 Å². The topological polar surface area (TPSA) is 21.3 Å². The zero-order valence-electron chi connectivity index (χ0n) is 12.9. The summed E-state index contributed by atoms with van der Waals surface area (Å²) in [5, 5.41) is 3.59. The van der Waals surface area contributed by atoms with Crippen molar-refractivity contribution in [2.75, 3.05) is 26.3 Å². The highest BCUT2D eigenvalue weighted by Gasteiger charge is 2.29. The third-order valence-electron chi connectivity index (χ3n) is 4.35. The van der Waals surface area contributed by atoms with E-state index in [-0.39, 0.29) is 0 Å². The number of ether oxygens (including phenoxy) is 1. The Balaban J connectivity index is 2.02. The molecule has 0 unspecified atom stereocenters. The molecule has 0 aromatic heterocycles. The lowest BCUT2D eigenvalue weighted by atomic mass is 9.70. The molecule has 1 aliphatic carbocycles. The average molecular weight is 255 g/mol. The van der Waals surface area contributed by atoms with Crippen LogP contribution in [0.5, 0.6) is 0 Å². The van der Waals surface area contributed by atoms with Crippen molar-refractivity contribution in [3.63, 3.8) is 0 Å². The largest absolute Gasteiger partial charge is 0.382 e. The SMILES string of the molecule is CCOCCCNCC1CCC(C(C)(C)C)CC1. The standard InChI is InChI=1S/C16H33NO/c1-5-18-12-6-11-17-13-14-7-9-15(10-8-14)16(2,3)4/h14-15,17H,5-13H2,1-4H3. The van der Waals surface area contributed by atoms with E-state index in [2.05, 4.69) is 33.0 Å². The zero-order chi connectivity index (χ0) is 13.4. The molecule has 2 nitrogen and oxygen atoms in total. The molecule has 1 N–H and O–H groups in total. The molecule has 1 saturated carbocycles. The summed E-state index contributed by atoms with van der Waals surface area (Å²) in [5.41, 5.74) is 0.510. The molecule has 1 fully saturated rings. The van der Waals surface area contributed by atoms with Gasteiger partial charge in [0, 0.05) is 13.2 Å². The van der Waals surface area contributed by atoms with Gasteiger partial charge in [0.25, 0.3) is 0 Å². The molecule has 0 spiro atoms. The highest BCUT2D eigenvalue weighted by atomic mass is 16.5. The summed E-state index contributed by atoms with van der Waals surface area (Å²) in [4.78, 5) is 0. The van der Waals surface area contributed by atoms with Crippen molar-refractivity contribution in [2.45, 2.75) is 59.8 Å². The summed E-state index contributed by atoms with van der Waals surface area (Å²) >= 11 is 0. The molecule has 0 heterocycles. The van der Waals surface area contributed by atoms with Crippen LogP contribution in [0.3, 0.4) is 0 Å². The first-order valence-corrected chi connectivity index (χ1v) is 7.82. The molecule has 18 heavy (non-hydrogen) atoms. The van der Waals surface area contributed by atoms with Gasteiger partial charge in [-0.3, -0.25) is 0 Å². The van der Waals surface area contributed by atoms with Gasteiger partial charge in [0.1, 0.15) is 0 Å². The second-order valence-electron chi connectivity index (χ2n) is 6.84. The minimum atomic E-state index is 0.510. The van der Waals surface area contributed by atoms with Crippen molar-refractivity contribution in [2.24, 2.45) is 17.3 Å². The smallest absolute Gasteiger partial charge is 0.0477 e. The Morgan fingerprint density at radius 3 is 2.33 bits per heavy atom. The van der Waals surface area contributed by atoms with Crippen molar-refractivity contribution < 1.29 is 4.74 Å². The molecule has 1 aliphatic rings. The Kier molecular flexibility index (Phi) is 7.25. The first-order chi connectivity index (χ1) is 8.54. The van der Waals surface area contributed by atoms with Crippen LogP contribution in [0.4, 0.5) is 0 Å². The van der Waals surface area contributed by atoms with E-state index in [0.29, 0.717) is 5.41 Å². The molecular weight excluding hydrogens is 222 g/mol. The lowest BCUT2D eigenvalue weighted by Crippen LogP contribution is -2.31. The van der Waals surface area contributed by atoms with Crippen LogP contribution in [0.15, 0.2) is 0 Å². The fourth-order valence-corrected chi connectivity index (χ4v) is 2.98. The predicted molar refractivity (Wildman–Crippen MR) is 78.9 cm³/mol. The van der Waals surface area contributed by atoms with Crippen molar-refractivity contribution in [3.05, 3.63) is 0 Å². The second kappa shape index (κ2) is 8.16. The van der Waals surface area contributed by atoms with E-state index in [9.17, 15) is 0 Å². The summed E-state index contributed by atoms with van der Waals surface area (Å²) in [6.07, 6.45) is 6.83. The van der Waals surface area contributed by atoms with E-state index in [1.54, 1.807) is 0 Å². The van der Waals surface area contributed by atoms with Crippen molar-refractivity contribution >= 4 is 0 Å². The number of hydrogen-bond acceptors (Lipinski definition) is 2. The van der Waals surface area contributed by atoms with Crippen LogP contribution in [0, 0.1) is 17.3 Å². The van der Waals surface area contributed by atoms with Gasteiger partial charge >= 0.3 is 0 Å². The van der Waals surface area contributed by atoms with E-state index < -0.39 is 0 Å². The Bertz CT molecular complexity index is 202. The van der Waals surface area contributed by atoms with Crippen molar-refractivity contribution in [1.29, 1.82) is 0 Å². The van der Waals surface area contributed by atoms with E-state index in [0.717, 1.165) is 38.0 Å². The zero-order valence-corrected chi connectivity index (χ0v) is 12.9. The molecule has 0 bridgehead atoms. The van der Waals surface area contributed by atoms with E-state index >= 15 is 0 Å². The van der Waals surface area contributed by atoms with Crippen LogP contribution >= 0.6 is 0 Å². The molecule has 0 aromatic carbocycles. The lowest BCUT2D eigenvalue weighted by molar-refractivity contribution is 0.140. The first kappa shape index (κ1) is 16.0. The maximum Gasteiger partial charge on any atom is 0.0477 e. The van der Waals surface area contributed by atoms with Crippen LogP contribution in [-0.2, 0) is 4.74 Å². The lowest BCUT2D eigenvalue weighted by Gasteiger charge is -2.37. The van der Waals surface area contributed by atoms with Gasteiger partial charge in [0.2, 0.25) is 0 Å². The van der Waals surface area contributed by atoms with E-state index in [1.165, 1.54) is 32.2 Å². The van der Waals surface area contributed by atoms with Gasteiger partial charge in [-0.05, 0) is 69.4 Å². The minimum absolute atomic E-state index is 0.510. The average Bonchev–Trinajstić information content (AvgIpc) is 2.33. The molecule has 0 saturated heterocycles. The molecule has 0 radical (unpaired) electrons. The molecule has 0 amide bonds. The summed E-state index contributed by atoms with van der Waals surface area (Å²) in [7, 11) is 0. The van der Waals surface area contributed by atoms with Crippen LogP contribution in [0.25, 0.3) is 0 Å². The molecule has 0 aromatic rings. The number of hydrogen-bond donors (Lipinski definition) is 1. The Hall–Kier alpha value is -0.0800. The molecule has 0 aliphatic heterocycles. The number of nitrogens with one attached hydrogen (secondary N) is 1. The molecule has 1 rings (SSSR count). The van der Waals surface area contributed by atoms with Gasteiger partial charge in [-0.1, -0.05) is 20.8 Å². The summed E-state index contributed by atoms with van der Waals surface area (Å²) in [6.45, 7) is 13.3. The highest BCUT2D eigenvalue weighted by Crippen LogP contribution is 2.39. The summed E-state index contributed by atoms with van der Waals surface area (Å²) in [6, 6.07) is 0. The highest BCUT2D eigenvalue weighted by molar-refractivity contribution is 4.81. The molecule has 2 heteroatoms. The van der Waals surface area contributed by atoms with Crippen molar-refractivity contribution in [3.8, 4) is 0 Å². The van der Waals surface area contributed by atoms with Crippen LogP contribution in [0.1, 0.15) is 59.8 Å². The van der Waals surface area contributed by atoms with Gasteiger partial charge in [0.15, 0.2) is 0 Å². The third kappa shape index (κ3) is 6.19. The normalized spacial score (nSPS) is 25.3. The van der Waals surface area contributed by atoms with Crippen molar-refractivity contribution in [1.82, 2.24) is 5.32 Å². The molecule has 108 valence electrons. The fraction of sp³-hybridized carbons (Fsp3) is 1.00. The summed E-state index contributed by atoms with van der Waals surface area (Å²) in [5.74, 6) is 1.85. The predicted octanol–water partition coefficient (Wildman–Crippen LogP) is 3.86. The minimum Gasteiger partial charge on any atom is -0.382 e. The fourth-order valence-electron chi connectivity index (χ4n) is 2.98. The van der Waals surface area contributed by atoms with Gasteiger partial charge in [-0.15, -0.1) is 0 Å². The molecular formula is C16H33NO. The van der Waals surface area contributed by atoms with Gasteiger partial charge in [-0.2, -0.15) is 0 Å². The Morgan fingerprint density at radius 2 is 1.78 bits per heavy atom. The van der Waals surface area contributed by atoms with Crippen LogP contribution < -0.4 is 5.32 Å². The Labute approximate surface area is 114 Å². The first-order valence-electron chi connectivity index (χ1n) is 7.82. The van der Waals surface area contributed by atoms with E-state index in [4.69, 9.17) is 4.74 Å². The number of rotatable bonds is 7. The van der Waals surface area contributed by atoms with Gasteiger partial charge < -0.3 is 10.1 Å². The third-order valence-corrected chi connectivity index (χ3v) is 4.35. The van der Waals surface area contributed by atoms with E-state index in [1.807, 2.05) is 0 Å². The van der Waals surface area contributed by atoms with Crippen LogP contribution in [0.2, 0.25) is 0 Å². The quantitative estimate of drug-likeness (QED) is 0.698. The summed E-state index contributed by atoms with van der Waals surface area (Å²) < 4.78 is 5.34. The maximum atomic E-state index is 5.34. The monoisotopic (exact) mass is 255 g/mol. The van der Waals surface area contributed by atoms with Gasteiger partial charge in [0.05, 0.1) is 0 Å². The maximum absolute atomic E-state index is 5.34. The molecule has 0 atom stereocenters. The second-order valence-corrected chi connectivity index (χ2v) is 6.84. The Morgan fingerprint density at radius 1 is 1.11 bits per heavy atom.